The highest BCUT2D eigenvalue weighted by molar-refractivity contribution is 4.81. The van der Waals surface area contributed by atoms with Gasteiger partial charge in [-0.25, -0.2) is 4.98 Å². The van der Waals surface area contributed by atoms with Gasteiger partial charge in [-0.15, -0.1) is 0 Å². The van der Waals surface area contributed by atoms with Crippen molar-refractivity contribution in [3.63, 3.8) is 0 Å². The monoisotopic (exact) mass is 194 g/mol. The van der Waals surface area contributed by atoms with Gasteiger partial charge in [-0.1, -0.05) is 34.6 Å². The zero-order valence-electron chi connectivity index (χ0n) is 9.99. The van der Waals surface area contributed by atoms with Crippen LogP contribution in [0.3, 0.4) is 0 Å². The number of aromatic nitrogens is 2. The molecule has 1 aromatic heterocycles. The molecule has 0 saturated carbocycles. The first-order chi connectivity index (χ1) is 6.41. The highest BCUT2D eigenvalue weighted by Crippen LogP contribution is 2.33. The van der Waals surface area contributed by atoms with Crippen molar-refractivity contribution in [3.8, 4) is 0 Å². The SMILES string of the molecule is CC(C)C(Cn1ccnc1)C(C)(C)C. The van der Waals surface area contributed by atoms with Gasteiger partial charge in [-0.3, -0.25) is 0 Å². The summed E-state index contributed by atoms with van der Waals surface area (Å²) in [6, 6.07) is 0. The standard InChI is InChI=1S/C12H22N2/c1-10(2)11(12(3,4)5)8-14-7-6-13-9-14/h6-7,9-11H,8H2,1-5H3. The summed E-state index contributed by atoms with van der Waals surface area (Å²) in [7, 11) is 0. The van der Waals surface area contributed by atoms with E-state index >= 15 is 0 Å². The summed E-state index contributed by atoms with van der Waals surface area (Å²) in [5.41, 5.74) is 0.360. The van der Waals surface area contributed by atoms with Gasteiger partial charge in [0, 0.05) is 18.9 Å². The van der Waals surface area contributed by atoms with E-state index in [1.165, 1.54) is 0 Å². The average Bonchev–Trinajstić information content (AvgIpc) is 2.48. The highest BCUT2D eigenvalue weighted by Gasteiger charge is 2.27. The van der Waals surface area contributed by atoms with Gasteiger partial charge in [0.15, 0.2) is 0 Å². The minimum absolute atomic E-state index is 0.360. The van der Waals surface area contributed by atoms with Crippen LogP contribution in [0.4, 0.5) is 0 Å². The van der Waals surface area contributed by atoms with Gasteiger partial charge in [-0.05, 0) is 17.3 Å². The number of imidazole rings is 1. The summed E-state index contributed by atoms with van der Waals surface area (Å²) >= 11 is 0. The van der Waals surface area contributed by atoms with Crippen molar-refractivity contribution >= 4 is 0 Å². The summed E-state index contributed by atoms with van der Waals surface area (Å²) in [4.78, 5) is 4.08. The number of rotatable bonds is 3. The predicted molar refractivity (Wildman–Crippen MR) is 60.0 cm³/mol. The Morgan fingerprint density at radius 1 is 1.29 bits per heavy atom. The van der Waals surface area contributed by atoms with E-state index in [9.17, 15) is 0 Å². The Kier molecular flexibility index (Phi) is 3.35. The third kappa shape index (κ3) is 2.86. The van der Waals surface area contributed by atoms with Crippen LogP contribution in [0.2, 0.25) is 0 Å². The van der Waals surface area contributed by atoms with E-state index in [0.29, 0.717) is 17.3 Å². The third-order valence-electron chi connectivity index (χ3n) is 2.88. The molecule has 1 unspecified atom stereocenters. The van der Waals surface area contributed by atoms with Crippen molar-refractivity contribution in [2.75, 3.05) is 0 Å². The summed E-state index contributed by atoms with van der Waals surface area (Å²) in [5.74, 6) is 1.40. The second-order valence-corrected chi connectivity index (χ2v) is 5.48. The van der Waals surface area contributed by atoms with Gasteiger partial charge in [0.25, 0.3) is 0 Å². The predicted octanol–water partition coefficient (Wildman–Crippen LogP) is 3.20. The van der Waals surface area contributed by atoms with Crippen LogP contribution in [0.25, 0.3) is 0 Å². The van der Waals surface area contributed by atoms with Crippen molar-refractivity contribution in [1.29, 1.82) is 0 Å². The Labute approximate surface area is 87.4 Å². The maximum atomic E-state index is 4.08. The fourth-order valence-corrected chi connectivity index (χ4v) is 2.11. The number of hydrogen-bond acceptors (Lipinski definition) is 1. The van der Waals surface area contributed by atoms with Gasteiger partial charge in [0.05, 0.1) is 6.33 Å². The molecule has 80 valence electrons. The third-order valence-corrected chi connectivity index (χ3v) is 2.88. The van der Waals surface area contributed by atoms with E-state index in [2.05, 4.69) is 44.2 Å². The van der Waals surface area contributed by atoms with Gasteiger partial charge in [-0.2, -0.15) is 0 Å². The molecule has 0 bridgehead atoms. The minimum Gasteiger partial charge on any atom is -0.337 e. The van der Waals surface area contributed by atoms with E-state index in [0.717, 1.165) is 6.54 Å². The molecule has 0 aliphatic heterocycles. The molecule has 2 heteroatoms. The highest BCUT2D eigenvalue weighted by atomic mass is 15.0. The lowest BCUT2D eigenvalue weighted by Crippen LogP contribution is -2.29. The molecule has 1 rings (SSSR count). The Hall–Kier alpha value is -0.790. The van der Waals surface area contributed by atoms with Crippen LogP contribution in [-0.4, -0.2) is 9.55 Å². The number of nitrogens with zero attached hydrogens (tertiary/aromatic N) is 2. The molecule has 0 radical (unpaired) electrons. The van der Waals surface area contributed by atoms with Gasteiger partial charge >= 0.3 is 0 Å². The van der Waals surface area contributed by atoms with Crippen molar-refractivity contribution in [2.24, 2.45) is 17.3 Å². The van der Waals surface area contributed by atoms with Gasteiger partial charge in [0.2, 0.25) is 0 Å². The van der Waals surface area contributed by atoms with Crippen molar-refractivity contribution in [1.82, 2.24) is 9.55 Å². The molecule has 1 heterocycles. The van der Waals surface area contributed by atoms with Crippen molar-refractivity contribution in [2.45, 2.75) is 41.2 Å². The molecule has 0 spiro atoms. The Morgan fingerprint density at radius 3 is 2.29 bits per heavy atom. The molecule has 0 amide bonds. The molecule has 14 heavy (non-hydrogen) atoms. The van der Waals surface area contributed by atoms with Crippen LogP contribution in [0, 0.1) is 17.3 Å². The molecule has 1 atom stereocenters. The van der Waals surface area contributed by atoms with E-state index < -0.39 is 0 Å². The van der Waals surface area contributed by atoms with E-state index in [1.54, 1.807) is 0 Å². The molecule has 0 aliphatic carbocycles. The van der Waals surface area contributed by atoms with Crippen molar-refractivity contribution in [3.05, 3.63) is 18.7 Å². The Bertz CT molecular complexity index is 254. The van der Waals surface area contributed by atoms with Crippen LogP contribution in [-0.2, 0) is 6.54 Å². The Balaban J connectivity index is 2.71. The fourth-order valence-electron chi connectivity index (χ4n) is 2.11. The van der Waals surface area contributed by atoms with Gasteiger partial charge in [0.1, 0.15) is 0 Å². The first-order valence-electron chi connectivity index (χ1n) is 5.37. The second-order valence-electron chi connectivity index (χ2n) is 5.48. The van der Waals surface area contributed by atoms with Crippen LogP contribution >= 0.6 is 0 Å². The first kappa shape index (κ1) is 11.3. The normalized spacial score (nSPS) is 14.7. The summed E-state index contributed by atoms with van der Waals surface area (Å²) in [5, 5.41) is 0. The maximum absolute atomic E-state index is 4.08. The van der Waals surface area contributed by atoms with E-state index in [1.807, 2.05) is 18.7 Å². The molecule has 1 aromatic rings. The second kappa shape index (κ2) is 4.16. The molecular formula is C12H22N2. The summed E-state index contributed by atoms with van der Waals surface area (Å²) < 4.78 is 2.18. The lowest BCUT2D eigenvalue weighted by atomic mass is 9.74. The molecule has 2 nitrogen and oxygen atoms in total. The zero-order chi connectivity index (χ0) is 10.8. The fraction of sp³-hybridized carbons (Fsp3) is 0.750. The molecular weight excluding hydrogens is 172 g/mol. The minimum atomic E-state index is 0.360. The summed E-state index contributed by atoms with van der Waals surface area (Å²) in [6.45, 7) is 12.6. The van der Waals surface area contributed by atoms with Gasteiger partial charge < -0.3 is 4.57 Å². The van der Waals surface area contributed by atoms with E-state index in [4.69, 9.17) is 0 Å². The quantitative estimate of drug-likeness (QED) is 0.722. The van der Waals surface area contributed by atoms with Crippen LogP contribution < -0.4 is 0 Å². The molecule has 0 fully saturated rings. The zero-order valence-corrected chi connectivity index (χ0v) is 9.99. The maximum Gasteiger partial charge on any atom is 0.0946 e. The smallest absolute Gasteiger partial charge is 0.0946 e. The lowest BCUT2D eigenvalue weighted by molar-refractivity contribution is 0.154. The largest absolute Gasteiger partial charge is 0.337 e. The van der Waals surface area contributed by atoms with Crippen LogP contribution in [0.5, 0.6) is 0 Å². The average molecular weight is 194 g/mol. The molecule has 0 N–H and O–H groups in total. The number of hydrogen-bond donors (Lipinski definition) is 0. The molecule has 0 saturated heterocycles. The summed E-state index contributed by atoms with van der Waals surface area (Å²) in [6.07, 6.45) is 5.79. The molecule has 0 aliphatic rings. The topological polar surface area (TPSA) is 17.8 Å². The first-order valence-corrected chi connectivity index (χ1v) is 5.37. The Morgan fingerprint density at radius 2 is 1.93 bits per heavy atom. The van der Waals surface area contributed by atoms with E-state index in [-0.39, 0.29) is 0 Å². The lowest BCUT2D eigenvalue weighted by Gasteiger charge is -2.34. The van der Waals surface area contributed by atoms with Crippen LogP contribution in [0.15, 0.2) is 18.7 Å². The molecule has 0 aromatic carbocycles. The van der Waals surface area contributed by atoms with Crippen LogP contribution in [0.1, 0.15) is 34.6 Å². The van der Waals surface area contributed by atoms with Crippen molar-refractivity contribution < 1.29 is 0 Å².